The van der Waals surface area contributed by atoms with Gasteiger partial charge in [0.2, 0.25) is 5.88 Å². The number of pyridine rings is 1. The highest BCUT2D eigenvalue weighted by Crippen LogP contribution is 2.18. The van der Waals surface area contributed by atoms with E-state index in [1.165, 1.54) is 5.56 Å². The van der Waals surface area contributed by atoms with Crippen molar-refractivity contribution in [1.82, 2.24) is 15.6 Å². The molecule has 2 N–H and O–H groups in total. The van der Waals surface area contributed by atoms with Crippen LogP contribution in [0.15, 0.2) is 79.0 Å². The second-order valence-electron chi connectivity index (χ2n) is 6.15. The van der Waals surface area contributed by atoms with Gasteiger partial charge < -0.3 is 15.4 Å². The molecular formula is C22H23N3O2. The zero-order valence-electron chi connectivity index (χ0n) is 15.3. The highest BCUT2D eigenvalue weighted by atomic mass is 16.5. The third kappa shape index (κ3) is 5.31. The van der Waals surface area contributed by atoms with E-state index in [9.17, 15) is 4.79 Å². The van der Waals surface area contributed by atoms with Gasteiger partial charge in [-0.15, -0.1) is 0 Å². The summed E-state index contributed by atoms with van der Waals surface area (Å²) in [5.74, 6) is 0.515. The molecule has 0 saturated heterocycles. The van der Waals surface area contributed by atoms with Gasteiger partial charge in [-0.2, -0.15) is 0 Å². The number of hydrogen-bond acceptors (Lipinski definition) is 3. The molecule has 0 spiro atoms. The molecule has 0 aliphatic carbocycles. The molecule has 5 nitrogen and oxygen atoms in total. The van der Waals surface area contributed by atoms with Gasteiger partial charge in [0.05, 0.1) is 13.2 Å². The first-order chi connectivity index (χ1) is 13.3. The molecule has 0 bridgehead atoms. The SMILES string of the molecule is COc1ncccc1CNC(=O)N[C@H](Cc1ccccc1)c1ccccc1. The molecule has 0 aliphatic rings. The van der Waals surface area contributed by atoms with Gasteiger partial charge in [0.1, 0.15) is 0 Å². The lowest BCUT2D eigenvalue weighted by atomic mass is 9.99. The average molecular weight is 361 g/mol. The summed E-state index contributed by atoms with van der Waals surface area (Å²) in [6.45, 7) is 0.343. The number of hydrogen-bond donors (Lipinski definition) is 2. The van der Waals surface area contributed by atoms with Gasteiger partial charge >= 0.3 is 6.03 Å². The lowest BCUT2D eigenvalue weighted by Crippen LogP contribution is -2.38. The number of aromatic nitrogens is 1. The summed E-state index contributed by atoms with van der Waals surface area (Å²) in [6.07, 6.45) is 2.38. The van der Waals surface area contributed by atoms with Crippen LogP contribution in [0.4, 0.5) is 4.79 Å². The molecule has 0 unspecified atom stereocenters. The first-order valence-electron chi connectivity index (χ1n) is 8.87. The van der Waals surface area contributed by atoms with Crippen LogP contribution in [-0.4, -0.2) is 18.1 Å². The molecular weight excluding hydrogens is 338 g/mol. The first kappa shape index (κ1) is 18.5. The van der Waals surface area contributed by atoms with E-state index in [0.29, 0.717) is 18.8 Å². The number of methoxy groups -OCH3 is 1. The fourth-order valence-corrected chi connectivity index (χ4v) is 2.91. The van der Waals surface area contributed by atoms with Crippen LogP contribution in [-0.2, 0) is 13.0 Å². The predicted octanol–water partition coefficient (Wildman–Crippen LogP) is 3.87. The van der Waals surface area contributed by atoms with Crippen LogP contribution < -0.4 is 15.4 Å². The lowest BCUT2D eigenvalue weighted by molar-refractivity contribution is 0.236. The van der Waals surface area contributed by atoms with Crippen molar-refractivity contribution in [3.8, 4) is 5.88 Å². The van der Waals surface area contributed by atoms with Crippen LogP contribution in [0.25, 0.3) is 0 Å². The maximum atomic E-state index is 12.5. The molecule has 1 aromatic heterocycles. The summed E-state index contributed by atoms with van der Waals surface area (Å²) in [4.78, 5) is 16.7. The summed E-state index contributed by atoms with van der Waals surface area (Å²) in [7, 11) is 1.57. The third-order valence-corrected chi connectivity index (χ3v) is 4.27. The Morgan fingerprint density at radius 1 is 1.00 bits per heavy atom. The fourth-order valence-electron chi connectivity index (χ4n) is 2.91. The maximum absolute atomic E-state index is 12.5. The molecule has 3 aromatic rings. The molecule has 0 fully saturated rings. The Morgan fingerprint density at radius 3 is 2.41 bits per heavy atom. The minimum Gasteiger partial charge on any atom is -0.481 e. The van der Waals surface area contributed by atoms with Gasteiger partial charge in [0, 0.05) is 18.3 Å². The van der Waals surface area contributed by atoms with E-state index >= 15 is 0 Å². The Hall–Kier alpha value is -3.34. The summed E-state index contributed by atoms with van der Waals surface area (Å²) in [5.41, 5.74) is 3.06. The van der Waals surface area contributed by atoms with E-state index < -0.39 is 0 Å². The van der Waals surface area contributed by atoms with Gasteiger partial charge in [-0.1, -0.05) is 66.7 Å². The highest BCUT2D eigenvalue weighted by Gasteiger charge is 2.15. The zero-order chi connectivity index (χ0) is 18.9. The second-order valence-corrected chi connectivity index (χ2v) is 6.15. The monoisotopic (exact) mass is 361 g/mol. The van der Waals surface area contributed by atoms with Crippen molar-refractivity contribution in [3.63, 3.8) is 0 Å². The van der Waals surface area contributed by atoms with Gasteiger partial charge in [-0.3, -0.25) is 0 Å². The van der Waals surface area contributed by atoms with E-state index in [4.69, 9.17) is 4.74 Å². The summed E-state index contributed by atoms with van der Waals surface area (Å²) in [5, 5.41) is 5.97. The van der Waals surface area contributed by atoms with E-state index in [1.54, 1.807) is 13.3 Å². The van der Waals surface area contributed by atoms with Gasteiger partial charge in [-0.25, -0.2) is 9.78 Å². The number of carbonyl (C=O) groups excluding carboxylic acids is 1. The quantitative estimate of drug-likeness (QED) is 0.671. The van der Waals surface area contributed by atoms with Crippen molar-refractivity contribution in [2.75, 3.05) is 7.11 Å². The second kappa shape index (κ2) is 9.38. The minimum atomic E-state index is -0.231. The van der Waals surface area contributed by atoms with Gasteiger partial charge in [-0.05, 0) is 23.6 Å². The molecule has 0 aliphatic heterocycles. The molecule has 138 valence electrons. The number of amides is 2. The molecule has 27 heavy (non-hydrogen) atoms. The van der Waals surface area contributed by atoms with Crippen LogP contribution in [0.5, 0.6) is 5.88 Å². The van der Waals surface area contributed by atoms with E-state index in [-0.39, 0.29) is 12.1 Å². The van der Waals surface area contributed by atoms with Crippen LogP contribution in [0, 0.1) is 0 Å². The minimum absolute atomic E-state index is 0.121. The first-order valence-corrected chi connectivity index (χ1v) is 8.87. The molecule has 2 amide bonds. The summed E-state index contributed by atoms with van der Waals surface area (Å²) >= 11 is 0. The fraction of sp³-hybridized carbons (Fsp3) is 0.182. The molecule has 3 rings (SSSR count). The third-order valence-electron chi connectivity index (χ3n) is 4.27. The zero-order valence-corrected chi connectivity index (χ0v) is 15.3. The molecule has 1 heterocycles. The summed E-state index contributed by atoms with van der Waals surface area (Å²) in [6, 6.07) is 23.5. The topological polar surface area (TPSA) is 63.2 Å². The Morgan fingerprint density at radius 2 is 1.70 bits per heavy atom. The van der Waals surface area contributed by atoms with Crippen molar-refractivity contribution in [3.05, 3.63) is 95.7 Å². The van der Waals surface area contributed by atoms with E-state index in [2.05, 4.69) is 27.8 Å². The Kier molecular flexibility index (Phi) is 6.41. The number of carbonyl (C=O) groups is 1. The van der Waals surface area contributed by atoms with Gasteiger partial charge in [0.25, 0.3) is 0 Å². The van der Waals surface area contributed by atoms with Crippen molar-refractivity contribution in [2.45, 2.75) is 19.0 Å². The Labute approximate surface area is 159 Å². The molecule has 5 heteroatoms. The normalized spacial score (nSPS) is 11.4. The highest BCUT2D eigenvalue weighted by molar-refractivity contribution is 5.74. The van der Waals surface area contributed by atoms with Crippen molar-refractivity contribution in [2.24, 2.45) is 0 Å². The number of rotatable bonds is 7. The smallest absolute Gasteiger partial charge is 0.315 e. The van der Waals surface area contributed by atoms with Crippen LogP contribution in [0.2, 0.25) is 0 Å². The standard InChI is InChI=1S/C22H23N3O2/c1-27-21-19(13-8-14-23-21)16-24-22(26)25-20(18-11-6-3-7-12-18)15-17-9-4-2-5-10-17/h2-14,20H,15-16H2,1H3,(H2,24,25,26)/t20-/m1/s1. The number of nitrogens with one attached hydrogen (secondary N) is 2. The van der Waals surface area contributed by atoms with Crippen molar-refractivity contribution >= 4 is 6.03 Å². The Bertz CT molecular complexity index is 854. The molecule has 0 saturated carbocycles. The van der Waals surface area contributed by atoms with Crippen LogP contribution in [0.3, 0.4) is 0 Å². The van der Waals surface area contributed by atoms with E-state index in [0.717, 1.165) is 11.1 Å². The maximum Gasteiger partial charge on any atom is 0.315 e. The lowest BCUT2D eigenvalue weighted by Gasteiger charge is -2.20. The van der Waals surface area contributed by atoms with Crippen LogP contribution >= 0.6 is 0 Å². The molecule has 2 aromatic carbocycles. The Balaban J connectivity index is 1.67. The predicted molar refractivity (Wildman–Crippen MR) is 105 cm³/mol. The summed E-state index contributed by atoms with van der Waals surface area (Å²) < 4.78 is 5.22. The van der Waals surface area contributed by atoms with Crippen molar-refractivity contribution < 1.29 is 9.53 Å². The number of ether oxygens (including phenoxy) is 1. The number of urea groups is 1. The molecule has 0 radical (unpaired) electrons. The van der Waals surface area contributed by atoms with E-state index in [1.807, 2.05) is 60.7 Å². The van der Waals surface area contributed by atoms with Crippen LogP contribution in [0.1, 0.15) is 22.7 Å². The van der Waals surface area contributed by atoms with Gasteiger partial charge in [0.15, 0.2) is 0 Å². The number of benzene rings is 2. The number of nitrogens with zero attached hydrogens (tertiary/aromatic N) is 1. The average Bonchev–Trinajstić information content (AvgIpc) is 2.73. The van der Waals surface area contributed by atoms with Crippen molar-refractivity contribution in [1.29, 1.82) is 0 Å². The molecule has 1 atom stereocenters. The largest absolute Gasteiger partial charge is 0.481 e.